The van der Waals surface area contributed by atoms with Crippen LogP contribution in [-0.2, 0) is 9.59 Å². The summed E-state index contributed by atoms with van der Waals surface area (Å²) < 4.78 is 28.7. The van der Waals surface area contributed by atoms with Crippen LogP contribution in [0.4, 0.5) is 8.78 Å². The molecule has 14 heteroatoms. The first-order valence-corrected chi connectivity index (χ1v) is 17.6. The predicted molar refractivity (Wildman–Crippen MR) is 127 cm³/mol. The SMILES string of the molecule is O=C(N[C@@H](C[Se][Se]C[C@H](NC(=O)c1ccc(Br)cc1F)C(=O)O)C(=O)O)c1ccc(Br)cc1F. The molecule has 0 radical (unpaired) electrons. The summed E-state index contributed by atoms with van der Waals surface area (Å²) in [5.74, 6) is -6.00. The van der Waals surface area contributed by atoms with Gasteiger partial charge in [0.15, 0.2) is 0 Å². The van der Waals surface area contributed by atoms with Gasteiger partial charge in [0.2, 0.25) is 0 Å². The molecule has 0 aliphatic carbocycles. The predicted octanol–water partition coefficient (Wildman–Crippen LogP) is 2.72. The second-order valence-electron chi connectivity index (χ2n) is 6.55. The number of aliphatic carboxylic acids is 2. The molecule has 182 valence electrons. The number of benzene rings is 2. The van der Waals surface area contributed by atoms with Crippen molar-refractivity contribution in [3.8, 4) is 0 Å². The van der Waals surface area contributed by atoms with E-state index in [1.807, 2.05) is 0 Å². The first-order valence-electron chi connectivity index (χ1n) is 9.21. The van der Waals surface area contributed by atoms with Crippen molar-refractivity contribution in [1.29, 1.82) is 0 Å². The molecular formula is C20H16Br2F2N2O6Se2. The van der Waals surface area contributed by atoms with E-state index in [0.717, 1.165) is 12.1 Å². The number of hydrogen-bond donors (Lipinski definition) is 4. The van der Waals surface area contributed by atoms with Gasteiger partial charge in [-0.1, -0.05) is 0 Å². The molecule has 2 rings (SSSR count). The Balaban J connectivity index is 1.91. The Bertz CT molecular complexity index is 1020. The van der Waals surface area contributed by atoms with Crippen LogP contribution in [0.5, 0.6) is 0 Å². The second-order valence-corrected chi connectivity index (χ2v) is 15.9. The van der Waals surface area contributed by atoms with Crippen LogP contribution in [0.1, 0.15) is 20.7 Å². The summed E-state index contributed by atoms with van der Waals surface area (Å²) in [4.78, 5) is 47.5. The zero-order valence-electron chi connectivity index (χ0n) is 16.9. The molecule has 0 fully saturated rings. The van der Waals surface area contributed by atoms with Crippen molar-refractivity contribution in [3.05, 3.63) is 68.1 Å². The number of rotatable bonds is 11. The summed E-state index contributed by atoms with van der Waals surface area (Å²) in [6.07, 6.45) is 0. The number of carboxylic acids is 2. The van der Waals surface area contributed by atoms with Crippen LogP contribution in [0.15, 0.2) is 45.3 Å². The molecule has 34 heavy (non-hydrogen) atoms. The van der Waals surface area contributed by atoms with Gasteiger partial charge in [0.05, 0.1) is 0 Å². The van der Waals surface area contributed by atoms with E-state index in [-0.39, 0.29) is 48.0 Å². The van der Waals surface area contributed by atoms with Crippen molar-refractivity contribution in [2.24, 2.45) is 0 Å². The molecule has 0 aromatic heterocycles. The molecule has 2 aromatic carbocycles. The fourth-order valence-corrected chi connectivity index (χ4v) is 10.1. The molecule has 2 amide bonds. The van der Waals surface area contributed by atoms with Crippen LogP contribution in [0.2, 0.25) is 10.6 Å². The number of hydrogen-bond acceptors (Lipinski definition) is 4. The summed E-state index contributed by atoms with van der Waals surface area (Å²) in [6, 6.07) is 4.92. The van der Waals surface area contributed by atoms with Gasteiger partial charge < -0.3 is 0 Å². The van der Waals surface area contributed by atoms with E-state index >= 15 is 0 Å². The average Bonchev–Trinajstić information content (AvgIpc) is 2.74. The summed E-state index contributed by atoms with van der Waals surface area (Å²) in [5.41, 5.74) is -0.609. The maximum atomic E-state index is 13.9. The van der Waals surface area contributed by atoms with E-state index in [9.17, 15) is 38.2 Å². The van der Waals surface area contributed by atoms with E-state index < -0.39 is 47.5 Å². The topological polar surface area (TPSA) is 133 Å². The molecule has 0 aliphatic heterocycles. The van der Waals surface area contributed by atoms with E-state index in [1.54, 1.807) is 0 Å². The van der Waals surface area contributed by atoms with E-state index in [4.69, 9.17) is 0 Å². The van der Waals surface area contributed by atoms with Crippen molar-refractivity contribution in [2.75, 3.05) is 0 Å². The molecule has 0 aliphatic rings. The Kier molecular flexibility index (Phi) is 11.1. The standard InChI is InChI=1S/C20H16Br2F2N2O6Se2/c21-9-1-3-11(13(23)5-9)17(27)25-15(19(29)30)7-33-34-8-16(20(31)32)26-18(28)12-4-2-10(22)6-14(12)24/h1-6,15-16H,7-8H2,(H,25,27)(H,26,28)(H,29,30)(H,31,32)/t15-,16-/m0/s1. The van der Waals surface area contributed by atoms with E-state index in [0.29, 0.717) is 8.95 Å². The number of carbonyl (C=O) groups excluding carboxylic acids is 2. The fraction of sp³-hybridized carbons (Fsp3) is 0.200. The first kappa shape index (κ1) is 28.4. The Labute approximate surface area is 220 Å². The van der Waals surface area contributed by atoms with Gasteiger partial charge in [-0.05, 0) is 0 Å². The van der Waals surface area contributed by atoms with Gasteiger partial charge in [-0.2, -0.15) is 0 Å². The van der Waals surface area contributed by atoms with Gasteiger partial charge in [-0.3, -0.25) is 0 Å². The monoisotopic (exact) mass is 736 g/mol. The Hall–Kier alpha value is -1.82. The van der Waals surface area contributed by atoms with Gasteiger partial charge in [-0.15, -0.1) is 0 Å². The zero-order chi connectivity index (χ0) is 25.4. The second kappa shape index (κ2) is 13.3. The molecule has 4 N–H and O–H groups in total. The van der Waals surface area contributed by atoms with Crippen molar-refractivity contribution >= 4 is 81.9 Å². The van der Waals surface area contributed by atoms with Crippen molar-refractivity contribution in [3.63, 3.8) is 0 Å². The first-order chi connectivity index (χ1) is 16.0. The Morgan fingerprint density at radius 2 is 1.12 bits per heavy atom. The van der Waals surface area contributed by atoms with Crippen molar-refractivity contribution < 1.29 is 38.2 Å². The molecule has 0 saturated carbocycles. The quantitative estimate of drug-likeness (QED) is 0.208. The van der Waals surface area contributed by atoms with Gasteiger partial charge in [0.1, 0.15) is 0 Å². The molecule has 2 atom stereocenters. The zero-order valence-corrected chi connectivity index (χ0v) is 23.5. The average molecular weight is 736 g/mol. The molecule has 8 nitrogen and oxygen atoms in total. The summed E-state index contributed by atoms with van der Waals surface area (Å²) in [5, 5.41) is 23.4. The van der Waals surface area contributed by atoms with Crippen LogP contribution in [-0.4, -0.2) is 72.3 Å². The summed E-state index contributed by atoms with van der Waals surface area (Å²) in [6.45, 7) is 0. The van der Waals surface area contributed by atoms with Gasteiger partial charge in [0.25, 0.3) is 0 Å². The molecule has 0 spiro atoms. The van der Waals surface area contributed by atoms with Crippen molar-refractivity contribution in [2.45, 2.75) is 22.7 Å². The minimum atomic E-state index is -1.31. The maximum absolute atomic E-state index is 13.9. The third-order valence-corrected chi connectivity index (χ3v) is 12.2. The van der Waals surface area contributed by atoms with Crippen LogP contribution < -0.4 is 10.6 Å². The number of nitrogens with one attached hydrogen (secondary N) is 2. The van der Waals surface area contributed by atoms with Crippen LogP contribution in [0.3, 0.4) is 0 Å². The Morgan fingerprint density at radius 3 is 1.41 bits per heavy atom. The number of carbonyl (C=O) groups is 4. The summed E-state index contributed by atoms with van der Waals surface area (Å²) >= 11 is 5.39. The minimum absolute atomic E-state index is 0.0356. The number of halogens is 4. The molecule has 0 bridgehead atoms. The molecule has 0 unspecified atom stereocenters. The number of carboxylic acid groups (broad SMARTS) is 2. The molecule has 0 heterocycles. The third-order valence-electron chi connectivity index (χ3n) is 4.11. The third kappa shape index (κ3) is 8.44. The van der Waals surface area contributed by atoms with Crippen LogP contribution in [0.25, 0.3) is 0 Å². The summed E-state index contributed by atoms with van der Waals surface area (Å²) in [7, 11) is 0. The normalized spacial score (nSPS) is 12.5. The van der Waals surface area contributed by atoms with Crippen LogP contribution in [0, 0.1) is 11.6 Å². The van der Waals surface area contributed by atoms with Gasteiger partial charge in [-0.25, -0.2) is 0 Å². The van der Waals surface area contributed by atoms with Gasteiger partial charge >= 0.3 is 222 Å². The Morgan fingerprint density at radius 1 is 0.765 bits per heavy atom. The molecular weight excluding hydrogens is 720 g/mol. The molecule has 0 saturated heterocycles. The fourth-order valence-electron chi connectivity index (χ4n) is 2.40. The van der Waals surface area contributed by atoms with E-state index in [1.165, 1.54) is 24.3 Å². The molecule has 2 aromatic rings. The van der Waals surface area contributed by atoms with Crippen LogP contribution >= 0.6 is 31.9 Å². The van der Waals surface area contributed by atoms with Gasteiger partial charge in [0, 0.05) is 0 Å². The van der Waals surface area contributed by atoms with E-state index in [2.05, 4.69) is 42.5 Å². The van der Waals surface area contributed by atoms with Crippen molar-refractivity contribution in [1.82, 2.24) is 10.6 Å². The number of amides is 2.